The highest BCUT2D eigenvalue weighted by molar-refractivity contribution is 6.36. The van der Waals surface area contributed by atoms with Crippen LogP contribution < -0.4 is 21.1 Å². The molecule has 0 aliphatic carbocycles. The molecule has 41 heavy (non-hydrogen) atoms. The van der Waals surface area contributed by atoms with Crippen molar-refractivity contribution in [2.45, 2.75) is 44.8 Å². The number of likely N-dealkylation sites (tertiary alicyclic amines) is 1. The Morgan fingerprint density at radius 1 is 1.15 bits per heavy atom. The molecule has 2 aliphatic rings. The van der Waals surface area contributed by atoms with Gasteiger partial charge in [0.15, 0.2) is 17.3 Å². The van der Waals surface area contributed by atoms with Gasteiger partial charge in [0.2, 0.25) is 0 Å². The van der Waals surface area contributed by atoms with Gasteiger partial charge < -0.3 is 26.0 Å². The zero-order valence-corrected chi connectivity index (χ0v) is 24.0. The third-order valence-electron chi connectivity index (χ3n) is 7.65. The Morgan fingerprint density at radius 2 is 1.93 bits per heavy atom. The molecular weight excluding hydrogens is 570 g/mol. The molecule has 3 heterocycles. The first kappa shape index (κ1) is 29.0. The van der Waals surface area contributed by atoms with Gasteiger partial charge in [0.25, 0.3) is 11.8 Å². The van der Waals surface area contributed by atoms with Gasteiger partial charge in [-0.05, 0) is 88.0 Å². The lowest BCUT2D eigenvalue weighted by atomic mass is 9.89. The molecule has 12 heteroatoms. The first-order valence-electron chi connectivity index (χ1n) is 13.6. The minimum absolute atomic E-state index is 0.0123. The van der Waals surface area contributed by atoms with Crippen LogP contribution in [0.1, 0.15) is 65.1 Å². The fourth-order valence-corrected chi connectivity index (χ4v) is 6.19. The van der Waals surface area contributed by atoms with E-state index in [9.17, 15) is 14.0 Å². The molecule has 2 aliphatic heterocycles. The van der Waals surface area contributed by atoms with Crippen LogP contribution in [0.2, 0.25) is 10.0 Å². The molecule has 3 aromatic rings. The highest BCUT2D eigenvalue weighted by Crippen LogP contribution is 2.36. The van der Waals surface area contributed by atoms with E-state index < -0.39 is 17.8 Å². The van der Waals surface area contributed by atoms with E-state index in [1.807, 2.05) is 4.90 Å². The molecule has 5 rings (SSSR count). The third kappa shape index (κ3) is 6.39. The van der Waals surface area contributed by atoms with Gasteiger partial charge >= 0.3 is 0 Å². The van der Waals surface area contributed by atoms with Crippen LogP contribution in [0.4, 0.5) is 15.9 Å². The number of piperidine rings is 1. The lowest BCUT2D eigenvalue weighted by molar-refractivity contribution is 0.0530. The van der Waals surface area contributed by atoms with Crippen LogP contribution in [0.3, 0.4) is 0 Å². The molecule has 2 fully saturated rings. The maximum Gasteiger partial charge on any atom is 0.276 e. The van der Waals surface area contributed by atoms with Gasteiger partial charge in [0, 0.05) is 40.5 Å². The Morgan fingerprint density at radius 3 is 2.66 bits per heavy atom. The number of nitrogens with one attached hydrogen (secondary N) is 2. The fourth-order valence-electron chi connectivity index (χ4n) is 5.52. The topological polar surface area (TPSA) is 122 Å². The Kier molecular flexibility index (Phi) is 8.91. The summed E-state index contributed by atoms with van der Waals surface area (Å²) in [5, 5.41) is 13.9. The highest BCUT2D eigenvalue weighted by Gasteiger charge is 2.34. The summed E-state index contributed by atoms with van der Waals surface area (Å²) < 4.78 is 19.8. The van der Waals surface area contributed by atoms with Gasteiger partial charge in [-0.3, -0.25) is 9.59 Å². The SMILES string of the molecule is CC(Oc1cc(C(=O)Nc2ccc(C(=O)N3CCCCC3C3CCNC3)cc2)nnc1N)c1c(Cl)ccc(F)c1Cl. The Bertz CT molecular complexity index is 1430. The van der Waals surface area contributed by atoms with E-state index in [0.717, 1.165) is 51.4 Å². The van der Waals surface area contributed by atoms with Gasteiger partial charge in [-0.2, -0.15) is 0 Å². The van der Waals surface area contributed by atoms with Gasteiger partial charge in [0.1, 0.15) is 11.9 Å². The molecule has 2 saturated heterocycles. The predicted molar refractivity (Wildman–Crippen MR) is 156 cm³/mol. The molecule has 4 N–H and O–H groups in total. The van der Waals surface area contributed by atoms with Crippen LogP contribution in [0.25, 0.3) is 0 Å². The summed E-state index contributed by atoms with van der Waals surface area (Å²) in [6, 6.07) is 10.9. The zero-order chi connectivity index (χ0) is 29.1. The molecule has 2 amide bonds. The number of rotatable bonds is 7. The third-order valence-corrected chi connectivity index (χ3v) is 8.36. The monoisotopic (exact) mass is 600 g/mol. The van der Waals surface area contributed by atoms with Gasteiger partial charge in [-0.25, -0.2) is 4.39 Å². The van der Waals surface area contributed by atoms with Crippen LogP contribution in [0, 0.1) is 11.7 Å². The predicted octanol–water partition coefficient (Wildman–Crippen LogP) is 5.50. The molecular formula is C29H31Cl2FN6O3. The number of hydrogen-bond acceptors (Lipinski definition) is 7. The first-order chi connectivity index (χ1) is 19.7. The molecule has 1 aromatic heterocycles. The van der Waals surface area contributed by atoms with Crippen molar-refractivity contribution >= 4 is 46.5 Å². The summed E-state index contributed by atoms with van der Waals surface area (Å²) in [4.78, 5) is 28.4. The number of benzene rings is 2. The summed E-state index contributed by atoms with van der Waals surface area (Å²) in [6.07, 6.45) is 3.46. The van der Waals surface area contributed by atoms with Crippen molar-refractivity contribution in [2.24, 2.45) is 5.92 Å². The highest BCUT2D eigenvalue weighted by atomic mass is 35.5. The van der Waals surface area contributed by atoms with Crippen molar-refractivity contribution < 1.29 is 18.7 Å². The maximum absolute atomic E-state index is 14.0. The number of amides is 2. The minimum atomic E-state index is -0.803. The molecule has 3 atom stereocenters. The normalized spacial score (nSPS) is 19.6. The number of ether oxygens (including phenoxy) is 1. The minimum Gasteiger partial charge on any atom is -0.482 e. The number of anilines is 2. The van der Waals surface area contributed by atoms with Gasteiger partial charge in [-0.1, -0.05) is 23.2 Å². The van der Waals surface area contributed by atoms with Crippen LogP contribution in [-0.2, 0) is 0 Å². The van der Waals surface area contributed by atoms with E-state index in [1.54, 1.807) is 31.2 Å². The summed E-state index contributed by atoms with van der Waals surface area (Å²) in [7, 11) is 0. The van der Waals surface area contributed by atoms with Gasteiger partial charge in [0.05, 0.1) is 5.02 Å². The lowest BCUT2D eigenvalue weighted by Crippen LogP contribution is -2.48. The molecule has 0 saturated carbocycles. The average molecular weight is 602 g/mol. The van der Waals surface area contributed by atoms with Gasteiger partial charge in [-0.15, -0.1) is 10.2 Å². The number of carbonyl (C=O) groups is 2. The van der Waals surface area contributed by atoms with E-state index in [-0.39, 0.29) is 44.8 Å². The smallest absolute Gasteiger partial charge is 0.276 e. The van der Waals surface area contributed by atoms with E-state index in [4.69, 9.17) is 33.7 Å². The number of nitrogens with two attached hydrogens (primary N) is 1. The Balaban J connectivity index is 1.26. The van der Waals surface area contributed by atoms with Crippen molar-refractivity contribution in [2.75, 3.05) is 30.7 Å². The van der Waals surface area contributed by atoms with E-state index in [1.165, 1.54) is 12.1 Å². The fraction of sp³-hybridized carbons (Fsp3) is 0.379. The van der Waals surface area contributed by atoms with Crippen LogP contribution in [0.15, 0.2) is 42.5 Å². The second kappa shape index (κ2) is 12.6. The van der Waals surface area contributed by atoms with E-state index in [0.29, 0.717) is 17.2 Å². The molecule has 216 valence electrons. The molecule has 9 nitrogen and oxygen atoms in total. The van der Waals surface area contributed by atoms with Crippen molar-refractivity contribution in [3.63, 3.8) is 0 Å². The van der Waals surface area contributed by atoms with Crippen LogP contribution in [-0.4, -0.2) is 52.6 Å². The summed E-state index contributed by atoms with van der Waals surface area (Å²) in [5.41, 5.74) is 7.16. The van der Waals surface area contributed by atoms with Crippen LogP contribution in [0.5, 0.6) is 5.75 Å². The molecule has 0 spiro atoms. The second-order valence-corrected chi connectivity index (χ2v) is 11.1. The number of nitrogens with zero attached hydrogens (tertiary/aromatic N) is 3. The van der Waals surface area contributed by atoms with E-state index >= 15 is 0 Å². The average Bonchev–Trinajstić information content (AvgIpc) is 3.51. The van der Waals surface area contributed by atoms with Crippen molar-refractivity contribution in [1.82, 2.24) is 20.4 Å². The zero-order valence-electron chi connectivity index (χ0n) is 22.5. The Labute approximate surface area is 247 Å². The van der Waals surface area contributed by atoms with Crippen molar-refractivity contribution in [3.8, 4) is 5.75 Å². The van der Waals surface area contributed by atoms with Crippen molar-refractivity contribution in [3.05, 3.63) is 75.1 Å². The number of halogens is 3. The number of carbonyl (C=O) groups excluding carboxylic acids is 2. The lowest BCUT2D eigenvalue weighted by Gasteiger charge is -2.39. The molecule has 0 radical (unpaired) electrons. The first-order valence-corrected chi connectivity index (χ1v) is 14.3. The van der Waals surface area contributed by atoms with E-state index in [2.05, 4.69) is 20.8 Å². The number of aromatic nitrogens is 2. The standard InChI is InChI=1S/C29H31Cl2FN6O3/c1-16(25-20(30)9-10-21(32)26(25)31)41-24-14-22(36-37-27(24)33)28(39)35-19-7-5-17(6-8-19)29(40)38-13-3-2-4-23(38)18-11-12-34-15-18/h5-10,14,16,18,23,34H,2-4,11-13,15H2,1H3,(H2,33,37)(H,35,39). The quantitative estimate of drug-likeness (QED) is 0.306. The molecule has 3 unspecified atom stereocenters. The molecule has 0 bridgehead atoms. The summed E-state index contributed by atoms with van der Waals surface area (Å²) >= 11 is 12.3. The van der Waals surface area contributed by atoms with Crippen LogP contribution >= 0.6 is 23.2 Å². The largest absolute Gasteiger partial charge is 0.482 e. The Hall–Kier alpha value is -3.47. The maximum atomic E-state index is 14.0. The second-order valence-electron chi connectivity index (χ2n) is 10.3. The summed E-state index contributed by atoms with van der Waals surface area (Å²) in [6.45, 7) is 4.32. The molecule has 2 aromatic carbocycles. The number of nitrogen functional groups attached to an aromatic ring is 1. The van der Waals surface area contributed by atoms with Crippen molar-refractivity contribution in [1.29, 1.82) is 0 Å². The summed E-state index contributed by atoms with van der Waals surface area (Å²) in [5.74, 6) is -0.706. The number of hydrogen-bond donors (Lipinski definition) is 3.